The van der Waals surface area contributed by atoms with Gasteiger partial charge in [-0.1, -0.05) is 30.7 Å². The SMILES string of the molecule is c1cc(CN2CCCCC2)cc(C2CC2)c1. The molecule has 1 aromatic rings. The van der Waals surface area contributed by atoms with Crippen molar-refractivity contribution in [3.8, 4) is 0 Å². The van der Waals surface area contributed by atoms with Gasteiger partial charge in [0.2, 0.25) is 0 Å². The Morgan fingerprint density at radius 2 is 1.88 bits per heavy atom. The van der Waals surface area contributed by atoms with Gasteiger partial charge in [0.15, 0.2) is 0 Å². The molecule has 1 aliphatic carbocycles. The van der Waals surface area contributed by atoms with Crippen molar-refractivity contribution in [3.05, 3.63) is 35.4 Å². The molecule has 2 fully saturated rings. The van der Waals surface area contributed by atoms with Crippen LogP contribution in [0.3, 0.4) is 0 Å². The molecule has 0 aromatic heterocycles. The Hall–Kier alpha value is -0.820. The van der Waals surface area contributed by atoms with Crippen molar-refractivity contribution >= 4 is 0 Å². The molecule has 0 spiro atoms. The zero-order valence-corrected chi connectivity index (χ0v) is 9.99. The molecule has 0 unspecified atom stereocenters. The van der Waals surface area contributed by atoms with E-state index in [1.807, 2.05) is 0 Å². The van der Waals surface area contributed by atoms with Crippen LogP contribution >= 0.6 is 0 Å². The van der Waals surface area contributed by atoms with Gasteiger partial charge in [0.1, 0.15) is 0 Å². The second kappa shape index (κ2) is 4.58. The number of nitrogens with zero attached hydrogens (tertiary/aromatic N) is 1. The Labute approximate surface area is 98.5 Å². The molecule has 2 aliphatic rings. The summed E-state index contributed by atoms with van der Waals surface area (Å²) >= 11 is 0. The molecular formula is C15H21N. The predicted octanol–water partition coefficient (Wildman–Crippen LogP) is 3.55. The summed E-state index contributed by atoms with van der Waals surface area (Å²) in [4.78, 5) is 2.61. The molecule has 1 nitrogen and oxygen atoms in total. The maximum absolute atomic E-state index is 2.61. The van der Waals surface area contributed by atoms with Crippen LogP contribution in [0, 0.1) is 0 Å². The first kappa shape index (κ1) is 10.3. The smallest absolute Gasteiger partial charge is 0.0233 e. The molecule has 0 amide bonds. The number of piperidine rings is 1. The lowest BCUT2D eigenvalue weighted by Crippen LogP contribution is -2.29. The quantitative estimate of drug-likeness (QED) is 0.745. The average molecular weight is 215 g/mol. The van der Waals surface area contributed by atoms with Gasteiger partial charge in [-0.3, -0.25) is 4.90 Å². The third kappa shape index (κ3) is 2.46. The van der Waals surface area contributed by atoms with Crippen LogP contribution in [0.25, 0.3) is 0 Å². The summed E-state index contributed by atoms with van der Waals surface area (Å²) in [6.07, 6.45) is 7.03. The van der Waals surface area contributed by atoms with Crippen LogP contribution in [0.2, 0.25) is 0 Å². The van der Waals surface area contributed by atoms with E-state index in [0.29, 0.717) is 0 Å². The highest BCUT2D eigenvalue weighted by Crippen LogP contribution is 2.40. The molecule has 1 aliphatic heterocycles. The predicted molar refractivity (Wildman–Crippen MR) is 67.5 cm³/mol. The lowest BCUT2D eigenvalue weighted by molar-refractivity contribution is 0.221. The van der Waals surface area contributed by atoms with Crippen LogP contribution in [0.15, 0.2) is 24.3 Å². The van der Waals surface area contributed by atoms with Gasteiger partial charge in [-0.2, -0.15) is 0 Å². The summed E-state index contributed by atoms with van der Waals surface area (Å²) in [5, 5.41) is 0. The molecule has 3 rings (SSSR count). The molecule has 1 saturated carbocycles. The second-order valence-electron chi connectivity index (χ2n) is 5.36. The Morgan fingerprint density at radius 3 is 2.62 bits per heavy atom. The highest BCUT2D eigenvalue weighted by Gasteiger charge is 2.23. The van der Waals surface area contributed by atoms with Gasteiger partial charge < -0.3 is 0 Å². The molecule has 0 radical (unpaired) electrons. The van der Waals surface area contributed by atoms with E-state index in [4.69, 9.17) is 0 Å². The molecule has 0 bridgehead atoms. The fourth-order valence-corrected chi connectivity index (χ4v) is 2.74. The fourth-order valence-electron chi connectivity index (χ4n) is 2.74. The average Bonchev–Trinajstić information content (AvgIpc) is 3.15. The minimum absolute atomic E-state index is 0.890. The van der Waals surface area contributed by atoms with E-state index in [1.165, 1.54) is 57.3 Å². The lowest BCUT2D eigenvalue weighted by Gasteiger charge is -2.26. The number of hydrogen-bond acceptors (Lipinski definition) is 1. The van der Waals surface area contributed by atoms with Crippen LogP contribution < -0.4 is 0 Å². The molecule has 0 atom stereocenters. The minimum Gasteiger partial charge on any atom is -0.299 e. The Morgan fingerprint density at radius 1 is 1.06 bits per heavy atom. The number of hydrogen-bond donors (Lipinski definition) is 0. The molecule has 1 heterocycles. The molecule has 86 valence electrons. The zero-order valence-electron chi connectivity index (χ0n) is 9.99. The van der Waals surface area contributed by atoms with E-state index in [2.05, 4.69) is 29.2 Å². The molecule has 0 N–H and O–H groups in total. The van der Waals surface area contributed by atoms with E-state index >= 15 is 0 Å². The van der Waals surface area contributed by atoms with Crippen molar-refractivity contribution < 1.29 is 0 Å². The second-order valence-corrected chi connectivity index (χ2v) is 5.36. The van der Waals surface area contributed by atoms with E-state index in [1.54, 1.807) is 5.56 Å². The summed E-state index contributed by atoms with van der Waals surface area (Å²) < 4.78 is 0. The molecular weight excluding hydrogens is 194 g/mol. The first-order valence-corrected chi connectivity index (χ1v) is 6.73. The number of likely N-dealkylation sites (tertiary alicyclic amines) is 1. The van der Waals surface area contributed by atoms with Gasteiger partial charge >= 0.3 is 0 Å². The maximum Gasteiger partial charge on any atom is 0.0233 e. The minimum atomic E-state index is 0.890. The van der Waals surface area contributed by atoms with Crippen molar-refractivity contribution in [3.63, 3.8) is 0 Å². The van der Waals surface area contributed by atoms with Gasteiger partial charge in [0.25, 0.3) is 0 Å². The van der Waals surface area contributed by atoms with Crippen LogP contribution in [0.1, 0.15) is 49.1 Å². The lowest BCUT2D eigenvalue weighted by atomic mass is 10.1. The van der Waals surface area contributed by atoms with Gasteiger partial charge in [0.05, 0.1) is 0 Å². The Bertz CT molecular complexity index is 348. The summed E-state index contributed by atoms with van der Waals surface area (Å²) in [7, 11) is 0. The molecule has 1 saturated heterocycles. The normalized spacial score (nSPS) is 22.2. The van der Waals surface area contributed by atoms with E-state index in [9.17, 15) is 0 Å². The van der Waals surface area contributed by atoms with Gasteiger partial charge in [-0.25, -0.2) is 0 Å². The third-order valence-corrected chi connectivity index (χ3v) is 3.85. The van der Waals surface area contributed by atoms with Crippen molar-refractivity contribution in [2.24, 2.45) is 0 Å². The van der Waals surface area contributed by atoms with E-state index in [-0.39, 0.29) is 0 Å². The van der Waals surface area contributed by atoms with Crippen LogP contribution in [-0.4, -0.2) is 18.0 Å². The van der Waals surface area contributed by atoms with Crippen LogP contribution in [-0.2, 0) is 6.54 Å². The fraction of sp³-hybridized carbons (Fsp3) is 0.600. The first-order valence-electron chi connectivity index (χ1n) is 6.73. The van der Waals surface area contributed by atoms with Crippen LogP contribution in [0.5, 0.6) is 0 Å². The van der Waals surface area contributed by atoms with Gasteiger partial charge in [-0.05, 0) is 55.8 Å². The van der Waals surface area contributed by atoms with Crippen LogP contribution in [0.4, 0.5) is 0 Å². The standard InChI is InChI=1S/C15H21N/c1-2-9-16(10-3-1)12-13-5-4-6-15(11-13)14-7-8-14/h4-6,11,14H,1-3,7-10,12H2. The topological polar surface area (TPSA) is 3.24 Å². The summed E-state index contributed by atoms with van der Waals surface area (Å²) in [5.74, 6) is 0.890. The highest BCUT2D eigenvalue weighted by molar-refractivity contribution is 5.29. The molecule has 1 heteroatoms. The monoisotopic (exact) mass is 215 g/mol. The third-order valence-electron chi connectivity index (χ3n) is 3.85. The van der Waals surface area contributed by atoms with E-state index in [0.717, 1.165) is 5.92 Å². The van der Waals surface area contributed by atoms with E-state index < -0.39 is 0 Å². The zero-order chi connectivity index (χ0) is 10.8. The maximum atomic E-state index is 2.61. The summed E-state index contributed by atoms with van der Waals surface area (Å²) in [6.45, 7) is 3.77. The molecule has 1 aromatic carbocycles. The number of benzene rings is 1. The van der Waals surface area contributed by atoms with Crippen molar-refractivity contribution in [2.75, 3.05) is 13.1 Å². The number of rotatable bonds is 3. The van der Waals surface area contributed by atoms with Crippen molar-refractivity contribution in [2.45, 2.75) is 44.6 Å². The van der Waals surface area contributed by atoms with Crippen molar-refractivity contribution in [1.29, 1.82) is 0 Å². The first-order chi connectivity index (χ1) is 7.92. The summed E-state index contributed by atoms with van der Waals surface area (Å²) in [5.41, 5.74) is 3.10. The van der Waals surface area contributed by atoms with Gasteiger partial charge in [0, 0.05) is 6.54 Å². The Balaban J connectivity index is 1.66. The largest absolute Gasteiger partial charge is 0.299 e. The van der Waals surface area contributed by atoms with Gasteiger partial charge in [-0.15, -0.1) is 0 Å². The summed E-state index contributed by atoms with van der Waals surface area (Å²) in [6, 6.07) is 9.27. The Kier molecular flexibility index (Phi) is 2.96. The molecule has 16 heavy (non-hydrogen) atoms. The van der Waals surface area contributed by atoms with Crippen molar-refractivity contribution in [1.82, 2.24) is 4.90 Å². The highest BCUT2D eigenvalue weighted by atomic mass is 15.1.